The van der Waals surface area contributed by atoms with Gasteiger partial charge >= 0.3 is 5.97 Å². The zero-order valence-electron chi connectivity index (χ0n) is 17.4. The molecule has 0 aliphatic carbocycles. The third-order valence-electron chi connectivity index (χ3n) is 4.58. The number of hydrogen-bond donors (Lipinski definition) is 2. The van der Waals surface area contributed by atoms with E-state index in [0.29, 0.717) is 28.6 Å². The van der Waals surface area contributed by atoms with Crippen LogP contribution in [0.4, 0.5) is 16.0 Å². The molecule has 0 unspecified atom stereocenters. The lowest BCUT2D eigenvalue weighted by atomic mass is 10.1. The van der Waals surface area contributed by atoms with E-state index in [1.807, 2.05) is 30.3 Å². The number of nitrogens with zero attached hydrogens (tertiary/aromatic N) is 2. The van der Waals surface area contributed by atoms with E-state index in [9.17, 15) is 9.18 Å². The summed E-state index contributed by atoms with van der Waals surface area (Å²) >= 11 is 0. The van der Waals surface area contributed by atoms with Crippen LogP contribution < -0.4 is 14.8 Å². The lowest BCUT2D eigenvalue weighted by molar-refractivity contribution is -0.139. The third kappa shape index (κ3) is 6.04. The maximum absolute atomic E-state index is 14.0. The second-order valence-electron chi connectivity index (χ2n) is 6.99. The molecule has 8 heteroatoms. The SMILES string of the molecule is O=C(O)COc1ccc(Nc2nc(OCc3ccccc3F)cc(-c3ccccc3)n2)cc1. The summed E-state index contributed by atoms with van der Waals surface area (Å²) in [5.74, 6) is -0.393. The summed E-state index contributed by atoms with van der Waals surface area (Å²) in [6.45, 7) is -0.398. The maximum Gasteiger partial charge on any atom is 0.341 e. The Morgan fingerprint density at radius 2 is 1.64 bits per heavy atom. The number of aliphatic carboxylic acids is 1. The topological polar surface area (TPSA) is 93.6 Å². The monoisotopic (exact) mass is 445 g/mol. The molecule has 33 heavy (non-hydrogen) atoms. The molecule has 166 valence electrons. The minimum atomic E-state index is -1.05. The van der Waals surface area contributed by atoms with Gasteiger partial charge in [0.25, 0.3) is 0 Å². The van der Waals surface area contributed by atoms with Gasteiger partial charge in [0, 0.05) is 22.9 Å². The predicted molar refractivity (Wildman–Crippen MR) is 121 cm³/mol. The molecule has 0 fully saturated rings. The van der Waals surface area contributed by atoms with Crippen LogP contribution in [0.5, 0.6) is 11.6 Å². The van der Waals surface area contributed by atoms with Crippen LogP contribution >= 0.6 is 0 Å². The summed E-state index contributed by atoms with van der Waals surface area (Å²) in [4.78, 5) is 19.6. The Labute approximate surface area is 189 Å². The Balaban J connectivity index is 1.56. The van der Waals surface area contributed by atoms with Crippen LogP contribution in [-0.2, 0) is 11.4 Å². The molecule has 4 aromatic rings. The van der Waals surface area contributed by atoms with Gasteiger partial charge in [0.2, 0.25) is 11.8 Å². The molecule has 2 N–H and O–H groups in total. The van der Waals surface area contributed by atoms with Gasteiger partial charge in [-0.1, -0.05) is 48.5 Å². The highest BCUT2D eigenvalue weighted by molar-refractivity contribution is 5.68. The van der Waals surface area contributed by atoms with E-state index in [1.165, 1.54) is 6.07 Å². The first-order valence-corrected chi connectivity index (χ1v) is 10.1. The van der Waals surface area contributed by atoms with Crippen LogP contribution in [0.1, 0.15) is 5.56 Å². The van der Waals surface area contributed by atoms with Crippen LogP contribution in [0.25, 0.3) is 11.3 Å². The summed E-state index contributed by atoms with van der Waals surface area (Å²) in [6, 6.07) is 24.4. The molecule has 1 aromatic heterocycles. The number of aromatic nitrogens is 2. The standard InChI is InChI=1S/C25H20FN3O4/c26-21-9-5-4-8-18(21)15-33-23-14-22(17-6-2-1-3-7-17)28-25(29-23)27-19-10-12-20(13-11-19)32-16-24(30)31/h1-14H,15-16H2,(H,30,31)(H,27,28,29). The van der Waals surface area contributed by atoms with E-state index in [4.69, 9.17) is 14.6 Å². The molecule has 1 heterocycles. The molecule has 0 amide bonds. The van der Waals surface area contributed by atoms with Gasteiger partial charge in [-0.25, -0.2) is 14.2 Å². The second-order valence-corrected chi connectivity index (χ2v) is 6.99. The first-order chi connectivity index (χ1) is 16.1. The van der Waals surface area contributed by atoms with Gasteiger partial charge in [-0.05, 0) is 30.3 Å². The normalized spacial score (nSPS) is 10.5. The van der Waals surface area contributed by atoms with Crippen molar-refractivity contribution in [3.63, 3.8) is 0 Å². The van der Waals surface area contributed by atoms with Crippen molar-refractivity contribution in [3.05, 3.63) is 96.3 Å². The van der Waals surface area contributed by atoms with E-state index >= 15 is 0 Å². The Bertz CT molecular complexity index is 1230. The zero-order chi connectivity index (χ0) is 23.0. The number of carboxylic acid groups (broad SMARTS) is 1. The van der Waals surface area contributed by atoms with Crippen molar-refractivity contribution in [1.29, 1.82) is 0 Å². The van der Waals surface area contributed by atoms with Crippen LogP contribution in [-0.4, -0.2) is 27.7 Å². The summed E-state index contributed by atoms with van der Waals surface area (Å²) in [5.41, 5.74) is 2.60. The van der Waals surface area contributed by atoms with E-state index in [-0.39, 0.29) is 18.3 Å². The lowest BCUT2D eigenvalue weighted by Gasteiger charge is -2.12. The van der Waals surface area contributed by atoms with Crippen LogP contribution in [0.15, 0.2) is 84.9 Å². The Morgan fingerprint density at radius 3 is 2.36 bits per heavy atom. The number of nitrogens with one attached hydrogen (secondary N) is 1. The number of rotatable bonds is 9. The first kappa shape index (κ1) is 21.8. The zero-order valence-corrected chi connectivity index (χ0v) is 17.4. The number of ether oxygens (including phenoxy) is 2. The van der Waals surface area contributed by atoms with E-state index in [2.05, 4.69) is 15.3 Å². The molecule has 0 aliphatic rings. The van der Waals surface area contributed by atoms with Gasteiger partial charge < -0.3 is 19.9 Å². The number of carbonyl (C=O) groups is 1. The predicted octanol–water partition coefficient (Wildman–Crippen LogP) is 5.07. The van der Waals surface area contributed by atoms with Crippen LogP contribution in [0.3, 0.4) is 0 Å². The largest absolute Gasteiger partial charge is 0.482 e. The Kier molecular flexibility index (Phi) is 6.75. The fraction of sp³-hybridized carbons (Fsp3) is 0.0800. The van der Waals surface area contributed by atoms with Crippen molar-refractivity contribution in [1.82, 2.24) is 9.97 Å². The highest BCUT2D eigenvalue weighted by Crippen LogP contribution is 2.25. The van der Waals surface area contributed by atoms with Gasteiger partial charge in [-0.15, -0.1) is 0 Å². The minimum Gasteiger partial charge on any atom is -0.482 e. The van der Waals surface area contributed by atoms with Crippen molar-refractivity contribution in [2.75, 3.05) is 11.9 Å². The average Bonchev–Trinajstić information content (AvgIpc) is 2.83. The fourth-order valence-electron chi connectivity index (χ4n) is 2.99. The molecule has 3 aromatic carbocycles. The number of hydrogen-bond acceptors (Lipinski definition) is 6. The van der Waals surface area contributed by atoms with E-state index in [1.54, 1.807) is 48.5 Å². The molecular formula is C25H20FN3O4. The molecule has 0 atom stereocenters. The van der Waals surface area contributed by atoms with Crippen molar-refractivity contribution < 1.29 is 23.8 Å². The smallest absolute Gasteiger partial charge is 0.341 e. The molecule has 4 rings (SSSR count). The van der Waals surface area contributed by atoms with Crippen LogP contribution in [0, 0.1) is 5.82 Å². The summed E-state index contributed by atoms with van der Waals surface area (Å²) in [7, 11) is 0. The van der Waals surface area contributed by atoms with Crippen LogP contribution in [0.2, 0.25) is 0 Å². The molecule has 0 aliphatic heterocycles. The highest BCUT2D eigenvalue weighted by atomic mass is 19.1. The van der Waals surface area contributed by atoms with E-state index in [0.717, 1.165) is 5.56 Å². The molecule has 0 radical (unpaired) electrons. The third-order valence-corrected chi connectivity index (χ3v) is 4.58. The van der Waals surface area contributed by atoms with Crippen molar-refractivity contribution in [3.8, 4) is 22.9 Å². The lowest BCUT2D eigenvalue weighted by Crippen LogP contribution is -2.09. The summed E-state index contributed by atoms with van der Waals surface area (Å²) < 4.78 is 24.9. The van der Waals surface area contributed by atoms with Crippen molar-refractivity contribution >= 4 is 17.6 Å². The van der Waals surface area contributed by atoms with E-state index < -0.39 is 12.6 Å². The molecule has 7 nitrogen and oxygen atoms in total. The van der Waals surface area contributed by atoms with Gasteiger partial charge in [0.15, 0.2) is 6.61 Å². The Morgan fingerprint density at radius 1 is 0.909 bits per heavy atom. The summed E-state index contributed by atoms with van der Waals surface area (Å²) in [6.07, 6.45) is 0. The van der Waals surface area contributed by atoms with Gasteiger partial charge in [-0.2, -0.15) is 4.98 Å². The molecule has 0 saturated carbocycles. The molecular weight excluding hydrogens is 425 g/mol. The number of benzene rings is 3. The first-order valence-electron chi connectivity index (χ1n) is 10.1. The maximum atomic E-state index is 14.0. The fourth-order valence-corrected chi connectivity index (χ4v) is 2.99. The molecule has 0 saturated heterocycles. The molecule has 0 bridgehead atoms. The summed E-state index contributed by atoms with van der Waals surface area (Å²) in [5, 5.41) is 11.8. The van der Waals surface area contributed by atoms with Crippen molar-refractivity contribution in [2.45, 2.75) is 6.61 Å². The van der Waals surface area contributed by atoms with Crippen molar-refractivity contribution in [2.24, 2.45) is 0 Å². The Hall–Kier alpha value is -4.46. The highest BCUT2D eigenvalue weighted by Gasteiger charge is 2.10. The average molecular weight is 445 g/mol. The second kappa shape index (κ2) is 10.2. The minimum absolute atomic E-state index is 0.0208. The molecule has 0 spiro atoms. The number of carboxylic acids is 1. The number of halogens is 1. The van der Waals surface area contributed by atoms with Gasteiger partial charge in [-0.3, -0.25) is 0 Å². The number of anilines is 2. The quantitative estimate of drug-likeness (QED) is 0.372. The van der Waals surface area contributed by atoms with Gasteiger partial charge in [0.1, 0.15) is 18.2 Å². The van der Waals surface area contributed by atoms with Gasteiger partial charge in [0.05, 0.1) is 5.69 Å².